The molecule has 0 bridgehead atoms. The molecule has 0 radical (unpaired) electrons. The zero-order valence-corrected chi connectivity index (χ0v) is 73.8. The van der Waals surface area contributed by atoms with Gasteiger partial charge in [-0.15, -0.1) is 101 Å². The molecule has 616 valence electrons. The molecule has 0 spiro atoms. The molecule has 8 N–H and O–H groups in total. The van der Waals surface area contributed by atoms with Crippen molar-refractivity contribution in [3.8, 4) is 0 Å². The van der Waals surface area contributed by atoms with E-state index in [0.29, 0.717) is 81.8 Å². The second-order valence-electron chi connectivity index (χ2n) is 27.5. The molecule has 6 aromatic heterocycles. The number of thioether (sulfide) groups is 6. The maximum atomic E-state index is 13.1. The van der Waals surface area contributed by atoms with Crippen molar-refractivity contribution in [3.05, 3.63) is 216 Å². The van der Waals surface area contributed by atoms with E-state index >= 15 is 0 Å². The minimum atomic E-state index is -3.22. The number of ketones is 1. The molecule has 13 heterocycles. The monoisotopic (exact) mass is 1850 g/mol. The molecule has 4 atom stereocenters. The molecule has 0 saturated carbocycles. The molecule has 0 unspecified atom stereocenters. The summed E-state index contributed by atoms with van der Waals surface area (Å²) in [7, 11) is 0. The van der Waals surface area contributed by atoms with Gasteiger partial charge in [0.15, 0.2) is 32.5 Å². The van der Waals surface area contributed by atoms with E-state index in [4.69, 9.17) is 62.3 Å². The van der Waals surface area contributed by atoms with Crippen LogP contribution < -0.4 is 54.6 Å². The SMILES string of the molecule is CC(=O)c1ncc2c(=O)n3c(nn12)N[C@@H](c1ccc(Cl)cc1)CC3.CC1(C(=O)NCc2nnc3n(c2=O)CC[C@H](c2ccc(Cl)cc2)N3)SCCCS1.CC1(C(=O)O)SCCCS1.CC1(c2ncc3c(=O)n4c(nn23)N[C@@H](c2ccc(Cl)cc2)CC4)SCCCS1.NCc1nnc2n(c1=O)CC[C@H](c1ccc(Cl)cc1)N2.O=P(Cl)(Cl)Cl. The van der Waals surface area contributed by atoms with Crippen molar-refractivity contribution in [3.63, 3.8) is 0 Å². The number of nitrogens with two attached hydrogens (primary N) is 1. The highest BCUT2D eigenvalue weighted by Crippen LogP contribution is 2.61. The lowest BCUT2D eigenvalue weighted by Gasteiger charge is -2.31. The summed E-state index contributed by atoms with van der Waals surface area (Å²) in [6.07, 6.45) is 9.62. The van der Waals surface area contributed by atoms with Crippen molar-refractivity contribution >= 4 is 208 Å². The van der Waals surface area contributed by atoms with E-state index in [0.717, 1.165) is 106 Å². The van der Waals surface area contributed by atoms with Crippen molar-refractivity contribution in [1.82, 2.24) is 73.2 Å². The van der Waals surface area contributed by atoms with Crippen molar-refractivity contribution < 1.29 is 24.1 Å². The van der Waals surface area contributed by atoms with Crippen LogP contribution in [0.1, 0.15) is 147 Å². The Hall–Kier alpha value is -6.67. The number of carboxylic acids is 1. The number of nitrogens with one attached hydrogen (secondary N) is 5. The number of hydrogen-bond donors (Lipinski definition) is 7. The summed E-state index contributed by atoms with van der Waals surface area (Å²) >= 11 is 47.8. The van der Waals surface area contributed by atoms with Gasteiger partial charge in [-0.2, -0.15) is 0 Å². The second-order valence-corrected chi connectivity index (χ2v) is 45.7. The first kappa shape index (κ1) is 88.6. The molecule has 7 aliphatic rings. The third kappa shape index (κ3) is 21.7. The third-order valence-electron chi connectivity index (χ3n) is 19.5. The number of carbonyl (C=O) groups is 3. The minimum absolute atomic E-state index is 0.0240. The van der Waals surface area contributed by atoms with Crippen LogP contribution in [-0.2, 0) is 57.5 Å². The average molecular weight is 1850 g/mol. The molecule has 10 aromatic rings. The number of halogens is 7. The van der Waals surface area contributed by atoms with E-state index < -0.39 is 19.3 Å². The standard InChI is InChI=1S/C19H22ClN5O2S2.C19H20ClN5OS2.C16H14ClN5O2.C13H14ClN5O.C6H10O2S2.Cl3OP/c1-19(28-9-2-10-29-19)17(27)21-11-15-16(26)25-8-7-14(22-18(25)24-23-15)12-3-5-13(20)6-4-12;1-19(27-9-2-10-28-19)17-21-11-15-16(26)24-8-7-14(22-18(24)23-25(15)17)12-3-5-13(20)6-4-12;1-9(23)14-18-8-13-15(24)21-7-6-12(19-16(21)20-22(13)14)10-2-4-11(17)5-3-10;14-9-3-1-8(2-4-9)10-5-6-19-12(20)11(7-15)17-18-13(19)16-10;1-6(5(7)8)9-3-2-4-10-6;1-5(2,3)4/h3-6,14H,2,7-11H2,1H3,(H,21,27)(H,22,24);3-6,11,14H,2,7-10H2,1H3,(H,22,23);2-5,8,12H,6-7H2,1H3,(H,19,20);1-4,10H,5-7,15H2,(H,16,18);2-4H2,1H3,(H,7,8);/t2*14-;12-;10-;;/m1111../s1. The maximum Gasteiger partial charge on any atom is 0.339 e. The summed E-state index contributed by atoms with van der Waals surface area (Å²) in [5, 5.41) is 49.8. The Morgan fingerprint density at radius 1 is 0.500 bits per heavy atom. The number of fused-ring (bicyclic) bond motifs is 6. The molecule has 17 rings (SSSR count). The third-order valence-corrected chi connectivity index (χ3v) is 29.9. The Kier molecular flexibility index (Phi) is 30.0. The lowest BCUT2D eigenvalue weighted by atomic mass is 10.0. The Labute approximate surface area is 725 Å². The number of Topliss-reactive ketones (excluding diaryl/α,β-unsaturated/α-hetero) is 1. The van der Waals surface area contributed by atoms with Gasteiger partial charge in [-0.25, -0.2) is 23.8 Å². The number of aromatic nitrogens is 14. The Balaban J connectivity index is 0.000000135. The van der Waals surface area contributed by atoms with Crippen LogP contribution in [0.5, 0.6) is 0 Å². The Bertz CT molecular complexity index is 5510. The number of carbonyl (C=O) groups excluding carboxylic acids is 2. The van der Waals surface area contributed by atoms with Gasteiger partial charge in [-0.3, -0.25) is 51.6 Å². The number of rotatable bonds is 11. The van der Waals surface area contributed by atoms with Crippen LogP contribution in [-0.4, -0.2) is 133 Å². The lowest BCUT2D eigenvalue weighted by molar-refractivity contribution is -0.137. The minimum Gasteiger partial charge on any atom is -0.480 e. The first-order valence-corrected chi connectivity index (χ1v) is 48.5. The Morgan fingerprint density at radius 2 is 0.836 bits per heavy atom. The van der Waals surface area contributed by atoms with E-state index in [1.165, 1.54) is 47.6 Å². The quantitative estimate of drug-likeness (QED) is 0.0467. The normalized spacial score (nSPS) is 19.3. The van der Waals surface area contributed by atoms with Gasteiger partial charge >= 0.3 is 11.2 Å². The number of amides is 1. The van der Waals surface area contributed by atoms with Crippen molar-refractivity contribution in [2.24, 2.45) is 5.73 Å². The van der Waals surface area contributed by atoms with Gasteiger partial charge in [-0.05, 0) is 205 Å². The molecule has 1 amide bonds. The number of benzene rings is 4. The predicted octanol–water partition coefficient (Wildman–Crippen LogP) is 15.3. The highest BCUT2D eigenvalue weighted by Gasteiger charge is 2.40. The van der Waals surface area contributed by atoms with Crippen LogP contribution in [0.15, 0.2) is 129 Å². The number of nitrogens with zero attached hydrogens (tertiary/aromatic N) is 14. The number of aliphatic carboxylic acids is 1. The Morgan fingerprint density at radius 3 is 1.22 bits per heavy atom. The summed E-state index contributed by atoms with van der Waals surface area (Å²) < 4.78 is 17.8. The second kappa shape index (κ2) is 39.2. The van der Waals surface area contributed by atoms with Gasteiger partial charge in [0.25, 0.3) is 22.2 Å². The van der Waals surface area contributed by atoms with Gasteiger partial charge in [0.05, 0.1) is 43.1 Å². The van der Waals surface area contributed by atoms with Crippen LogP contribution in [0, 0.1) is 0 Å². The van der Waals surface area contributed by atoms with Crippen LogP contribution in [0.3, 0.4) is 0 Å². The van der Waals surface area contributed by atoms with Crippen LogP contribution >= 0.6 is 156 Å². The summed E-state index contributed by atoms with van der Waals surface area (Å²) in [6.45, 7) is 9.78. The summed E-state index contributed by atoms with van der Waals surface area (Å²) in [6, 6.07) is 30.9. The molecule has 29 nitrogen and oxygen atoms in total. The maximum absolute atomic E-state index is 13.1. The first-order valence-electron chi connectivity index (χ1n) is 36.6. The molecular weight excluding hydrogens is 1770 g/mol. The van der Waals surface area contributed by atoms with E-state index in [-0.39, 0.29) is 86.8 Å². The van der Waals surface area contributed by atoms with Gasteiger partial charge in [0.2, 0.25) is 29.7 Å². The van der Waals surface area contributed by atoms with Crippen LogP contribution in [0.4, 0.5) is 23.8 Å². The van der Waals surface area contributed by atoms with Crippen LogP contribution in [0.25, 0.3) is 11.0 Å². The average Bonchev–Trinajstić information content (AvgIpc) is 1.57. The van der Waals surface area contributed by atoms with Gasteiger partial charge in [0.1, 0.15) is 19.5 Å². The lowest BCUT2D eigenvalue weighted by Crippen LogP contribution is -2.43. The molecule has 116 heavy (non-hydrogen) atoms. The van der Waals surface area contributed by atoms with E-state index in [2.05, 4.69) is 103 Å². The van der Waals surface area contributed by atoms with E-state index in [1.807, 2.05) is 128 Å². The van der Waals surface area contributed by atoms with Gasteiger partial charge in [0, 0.05) is 59.7 Å². The zero-order chi connectivity index (χ0) is 82.8. The molecule has 43 heteroatoms. The number of hydrogen-bond acceptors (Lipinski definition) is 27. The summed E-state index contributed by atoms with van der Waals surface area (Å²) in [4.78, 5) is 94.0. The smallest absolute Gasteiger partial charge is 0.339 e. The molecule has 3 fully saturated rings. The summed E-state index contributed by atoms with van der Waals surface area (Å²) in [5.41, 5.74) is 10.6. The van der Waals surface area contributed by atoms with Crippen LogP contribution in [0.2, 0.25) is 20.1 Å². The number of imidazole rings is 2. The number of anilines is 4. The van der Waals surface area contributed by atoms with Gasteiger partial charge < -0.3 is 37.4 Å². The largest absolute Gasteiger partial charge is 0.480 e. The van der Waals surface area contributed by atoms with Gasteiger partial charge in [-0.1, -0.05) is 94.9 Å². The first-order chi connectivity index (χ1) is 55.4. The molecule has 0 aliphatic carbocycles. The highest BCUT2D eigenvalue weighted by atomic mass is 36.0. The fraction of sp³-hybridized carbons (Fsp3) is 0.411. The molecule has 3 saturated heterocycles. The van der Waals surface area contributed by atoms with Crippen molar-refractivity contribution in [1.29, 1.82) is 0 Å². The fourth-order valence-electron chi connectivity index (χ4n) is 13.2. The zero-order valence-electron chi connectivity index (χ0n) is 62.7. The topological polar surface area (TPSA) is 375 Å². The summed E-state index contributed by atoms with van der Waals surface area (Å²) in [5.74, 6) is 8.04. The van der Waals surface area contributed by atoms with E-state index in [1.54, 1.807) is 59.4 Å². The van der Waals surface area contributed by atoms with Crippen molar-refractivity contribution in [2.75, 3.05) is 55.8 Å². The highest BCUT2D eigenvalue weighted by molar-refractivity contribution is 8.24. The molecular formula is C73H80Cl7N20O9PS6. The fourth-order valence-corrected chi connectivity index (χ4v) is 22.1. The number of carboxylic acid groups (broad SMARTS) is 1. The molecule has 4 aromatic carbocycles. The van der Waals surface area contributed by atoms with E-state index in [9.17, 15) is 38.1 Å². The predicted molar refractivity (Wildman–Crippen MR) is 472 cm³/mol. The van der Waals surface area contributed by atoms with Crippen molar-refractivity contribution in [2.45, 2.75) is 148 Å². The molecule has 7 aliphatic heterocycles.